The second-order valence-electron chi connectivity index (χ2n) is 5.12. The van der Waals surface area contributed by atoms with Crippen molar-refractivity contribution in [2.75, 3.05) is 19.8 Å². The molecule has 5 heteroatoms. The Kier molecular flexibility index (Phi) is 3.68. The second kappa shape index (κ2) is 5.46. The third-order valence-electron chi connectivity index (χ3n) is 3.81. The summed E-state index contributed by atoms with van der Waals surface area (Å²) >= 11 is 5.96. The molecule has 1 N–H and O–H groups in total. The molecule has 20 heavy (non-hydrogen) atoms. The SMILES string of the molecule is O=C(C1=Cc2cc(Cl)ccc2OC1)N1CCC[C@@H]1CO. The number of amides is 1. The molecule has 0 spiro atoms. The van der Waals surface area contributed by atoms with Gasteiger partial charge in [-0.25, -0.2) is 0 Å². The second-order valence-corrected chi connectivity index (χ2v) is 5.55. The minimum atomic E-state index is -0.0656. The molecule has 3 rings (SSSR count). The molecule has 1 fully saturated rings. The summed E-state index contributed by atoms with van der Waals surface area (Å²) in [6.07, 6.45) is 3.63. The van der Waals surface area contributed by atoms with Gasteiger partial charge in [-0.1, -0.05) is 11.6 Å². The lowest BCUT2D eigenvalue weighted by Crippen LogP contribution is -2.39. The molecule has 0 aromatic heterocycles. The maximum Gasteiger partial charge on any atom is 0.253 e. The summed E-state index contributed by atoms with van der Waals surface area (Å²) in [6.45, 7) is 0.980. The molecule has 0 aliphatic carbocycles. The van der Waals surface area contributed by atoms with Crippen LogP contribution in [0.3, 0.4) is 0 Å². The number of hydrogen-bond donors (Lipinski definition) is 1. The summed E-state index contributed by atoms with van der Waals surface area (Å²) in [5.41, 5.74) is 1.44. The van der Waals surface area contributed by atoms with Crippen LogP contribution in [0, 0.1) is 0 Å². The zero-order valence-corrected chi connectivity index (χ0v) is 11.8. The number of aliphatic hydroxyl groups is 1. The van der Waals surface area contributed by atoms with Crippen LogP contribution < -0.4 is 4.74 Å². The van der Waals surface area contributed by atoms with Crippen molar-refractivity contribution in [2.45, 2.75) is 18.9 Å². The van der Waals surface area contributed by atoms with Gasteiger partial charge in [-0.2, -0.15) is 0 Å². The summed E-state index contributed by atoms with van der Waals surface area (Å²) in [5, 5.41) is 9.93. The summed E-state index contributed by atoms with van der Waals surface area (Å²) in [6, 6.07) is 5.30. The lowest BCUT2D eigenvalue weighted by atomic mass is 10.1. The van der Waals surface area contributed by atoms with E-state index in [2.05, 4.69) is 0 Å². The van der Waals surface area contributed by atoms with E-state index in [0.29, 0.717) is 17.1 Å². The minimum absolute atomic E-state index is 0.0162. The molecule has 4 nitrogen and oxygen atoms in total. The first kappa shape index (κ1) is 13.5. The fourth-order valence-corrected chi connectivity index (χ4v) is 2.93. The molecule has 1 saturated heterocycles. The van der Waals surface area contributed by atoms with Crippen LogP contribution in [0.1, 0.15) is 18.4 Å². The smallest absolute Gasteiger partial charge is 0.253 e. The highest BCUT2D eigenvalue weighted by atomic mass is 35.5. The molecule has 1 aromatic carbocycles. The fourth-order valence-electron chi connectivity index (χ4n) is 2.75. The van der Waals surface area contributed by atoms with E-state index in [1.165, 1.54) is 0 Å². The van der Waals surface area contributed by atoms with E-state index in [9.17, 15) is 9.90 Å². The predicted octanol–water partition coefficient (Wildman–Crippen LogP) is 2.10. The van der Waals surface area contributed by atoms with Crippen LogP contribution in [0.5, 0.6) is 5.75 Å². The number of rotatable bonds is 2. The third-order valence-corrected chi connectivity index (χ3v) is 4.04. The van der Waals surface area contributed by atoms with Crippen LogP contribution in [0.25, 0.3) is 6.08 Å². The Morgan fingerprint density at radius 1 is 1.50 bits per heavy atom. The van der Waals surface area contributed by atoms with Crippen molar-refractivity contribution < 1.29 is 14.6 Å². The first-order valence-corrected chi connectivity index (χ1v) is 7.11. The predicted molar refractivity (Wildman–Crippen MR) is 76.7 cm³/mol. The van der Waals surface area contributed by atoms with Gasteiger partial charge in [0.2, 0.25) is 0 Å². The van der Waals surface area contributed by atoms with Crippen LogP contribution in [-0.2, 0) is 4.79 Å². The lowest BCUT2D eigenvalue weighted by molar-refractivity contribution is -0.128. The van der Waals surface area contributed by atoms with Gasteiger partial charge in [0.1, 0.15) is 12.4 Å². The number of ether oxygens (including phenoxy) is 1. The molecular weight excluding hydrogens is 278 g/mol. The van der Waals surface area contributed by atoms with Crippen molar-refractivity contribution in [3.8, 4) is 5.75 Å². The van der Waals surface area contributed by atoms with E-state index in [1.54, 1.807) is 17.0 Å². The molecule has 1 atom stereocenters. The van der Waals surface area contributed by atoms with Crippen molar-refractivity contribution in [3.63, 3.8) is 0 Å². The number of likely N-dealkylation sites (tertiary alicyclic amines) is 1. The topological polar surface area (TPSA) is 49.8 Å². The van der Waals surface area contributed by atoms with Crippen LogP contribution in [0.2, 0.25) is 5.02 Å². The van der Waals surface area contributed by atoms with Crippen molar-refractivity contribution in [1.82, 2.24) is 4.90 Å². The third kappa shape index (κ3) is 2.41. The van der Waals surface area contributed by atoms with Crippen LogP contribution in [0.15, 0.2) is 23.8 Å². The van der Waals surface area contributed by atoms with Gasteiger partial charge >= 0.3 is 0 Å². The van der Waals surface area contributed by atoms with E-state index >= 15 is 0 Å². The number of benzene rings is 1. The van der Waals surface area contributed by atoms with Gasteiger partial charge < -0.3 is 14.7 Å². The molecule has 0 radical (unpaired) electrons. The molecule has 2 aliphatic heterocycles. The van der Waals surface area contributed by atoms with E-state index in [4.69, 9.17) is 16.3 Å². The Balaban J connectivity index is 1.86. The number of nitrogens with zero attached hydrogens (tertiary/aromatic N) is 1. The summed E-state index contributed by atoms with van der Waals surface area (Å²) in [5.74, 6) is 0.693. The Morgan fingerprint density at radius 2 is 2.35 bits per heavy atom. The molecule has 1 amide bonds. The van der Waals surface area contributed by atoms with Gasteiger partial charge in [-0.15, -0.1) is 0 Å². The number of halogens is 1. The Morgan fingerprint density at radius 3 is 3.15 bits per heavy atom. The average Bonchev–Trinajstić information content (AvgIpc) is 2.94. The van der Waals surface area contributed by atoms with Crippen LogP contribution >= 0.6 is 11.6 Å². The maximum absolute atomic E-state index is 12.5. The molecule has 2 aliphatic rings. The molecule has 2 heterocycles. The minimum Gasteiger partial charge on any atom is -0.488 e. The van der Waals surface area contributed by atoms with Crippen molar-refractivity contribution in [1.29, 1.82) is 0 Å². The monoisotopic (exact) mass is 293 g/mol. The van der Waals surface area contributed by atoms with Crippen LogP contribution in [0.4, 0.5) is 0 Å². The summed E-state index contributed by atoms with van der Waals surface area (Å²) < 4.78 is 5.60. The highest BCUT2D eigenvalue weighted by Crippen LogP contribution is 2.30. The molecule has 106 valence electrons. The van der Waals surface area contributed by atoms with Crippen molar-refractivity contribution >= 4 is 23.6 Å². The van der Waals surface area contributed by atoms with Gasteiger partial charge in [-0.05, 0) is 37.1 Å². The lowest BCUT2D eigenvalue weighted by Gasteiger charge is -2.26. The van der Waals surface area contributed by atoms with Gasteiger partial charge in [0.05, 0.1) is 18.2 Å². The summed E-state index contributed by atoms with van der Waals surface area (Å²) in [4.78, 5) is 14.2. The summed E-state index contributed by atoms with van der Waals surface area (Å²) in [7, 11) is 0. The zero-order chi connectivity index (χ0) is 14.1. The van der Waals surface area contributed by atoms with E-state index < -0.39 is 0 Å². The first-order valence-electron chi connectivity index (χ1n) is 6.74. The average molecular weight is 294 g/mol. The van der Waals surface area contributed by atoms with Crippen molar-refractivity contribution in [3.05, 3.63) is 34.4 Å². The van der Waals surface area contributed by atoms with Gasteiger partial charge in [0.15, 0.2) is 0 Å². The Hall–Kier alpha value is -1.52. The normalized spacial score (nSPS) is 21.2. The highest BCUT2D eigenvalue weighted by molar-refractivity contribution is 6.30. The van der Waals surface area contributed by atoms with E-state index in [-0.39, 0.29) is 25.2 Å². The van der Waals surface area contributed by atoms with Gasteiger partial charge in [0, 0.05) is 17.1 Å². The number of carbonyl (C=O) groups is 1. The largest absolute Gasteiger partial charge is 0.488 e. The highest BCUT2D eigenvalue weighted by Gasteiger charge is 2.31. The molecule has 0 saturated carbocycles. The van der Waals surface area contributed by atoms with E-state index in [1.807, 2.05) is 12.1 Å². The zero-order valence-electron chi connectivity index (χ0n) is 11.0. The molecule has 0 unspecified atom stereocenters. The molecular formula is C15H16ClNO3. The standard InChI is InChI=1S/C15H16ClNO3/c16-12-3-4-14-10(7-12)6-11(9-20-14)15(19)17-5-1-2-13(17)8-18/h3-4,6-7,13,18H,1-2,5,8-9H2/t13-/m1/s1. The quantitative estimate of drug-likeness (QED) is 0.908. The Bertz CT molecular complexity index is 570. The molecule has 0 bridgehead atoms. The van der Waals surface area contributed by atoms with Crippen LogP contribution in [-0.4, -0.2) is 41.7 Å². The Labute approximate surface area is 122 Å². The van der Waals surface area contributed by atoms with Gasteiger partial charge in [-0.3, -0.25) is 4.79 Å². The number of hydrogen-bond acceptors (Lipinski definition) is 3. The van der Waals surface area contributed by atoms with Crippen molar-refractivity contribution in [2.24, 2.45) is 0 Å². The molecule has 1 aromatic rings. The van der Waals surface area contributed by atoms with Gasteiger partial charge in [0.25, 0.3) is 5.91 Å². The number of carbonyl (C=O) groups excluding carboxylic acids is 1. The number of aliphatic hydroxyl groups excluding tert-OH is 1. The fraction of sp³-hybridized carbons (Fsp3) is 0.400. The first-order chi connectivity index (χ1) is 9.69. The van der Waals surface area contributed by atoms with E-state index in [0.717, 1.165) is 24.2 Å². The number of fused-ring (bicyclic) bond motifs is 1. The maximum atomic E-state index is 12.5.